The van der Waals surface area contributed by atoms with Gasteiger partial charge >= 0.3 is 6.18 Å². The Bertz CT molecular complexity index is 1240. The molecule has 3 aromatic heterocycles. The molecule has 2 fully saturated rings. The molecule has 1 amide bonds. The number of rotatable bonds is 4. The van der Waals surface area contributed by atoms with Gasteiger partial charge in [-0.15, -0.1) is 0 Å². The second-order valence-electron chi connectivity index (χ2n) is 9.57. The molecule has 2 atom stereocenters. The summed E-state index contributed by atoms with van der Waals surface area (Å²) >= 11 is 0. The van der Waals surface area contributed by atoms with Crippen molar-refractivity contribution < 1.29 is 18.0 Å². The van der Waals surface area contributed by atoms with Crippen molar-refractivity contribution in [2.45, 2.75) is 38.0 Å². The lowest BCUT2D eigenvalue weighted by Gasteiger charge is -2.32. The molecule has 0 aromatic carbocycles. The zero-order valence-corrected chi connectivity index (χ0v) is 20.2. The monoisotopic (exact) mass is 502 g/mol. The van der Waals surface area contributed by atoms with Crippen molar-refractivity contribution in [2.75, 3.05) is 45.1 Å². The maximum absolute atomic E-state index is 13.9. The molecule has 9 nitrogen and oxygen atoms in total. The van der Waals surface area contributed by atoms with E-state index < -0.39 is 11.7 Å². The number of aromatic amines is 1. The van der Waals surface area contributed by atoms with Crippen molar-refractivity contribution in [3.8, 4) is 11.3 Å². The van der Waals surface area contributed by atoms with Gasteiger partial charge in [0.2, 0.25) is 5.95 Å². The Morgan fingerprint density at radius 2 is 1.92 bits per heavy atom. The van der Waals surface area contributed by atoms with Crippen LogP contribution >= 0.6 is 0 Å². The lowest BCUT2D eigenvalue weighted by Crippen LogP contribution is -2.47. The molecular weight excluding hydrogens is 473 g/mol. The van der Waals surface area contributed by atoms with Crippen molar-refractivity contribution in [1.29, 1.82) is 0 Å². The number of nitrogens with one attached hydrogen (secondary N) is 3. The number of nitrogens with zero attached hydrogens (tertiary/aromatic N) is 5. The number of halogens is 3. The van der Waals surface area contributed by atoms with E-state index in [1.54, 1.807) is 17.0 Å². The van der Waals surface area contributed by atoms with Gasteiger partial charge in [-0.1, -0.05) is 0 Å². The molecule has 2 aliphatic rings. The highest BCUT2D eigenvalue weighted by Gasteiger charge is 2.36. The quantitative estimate of drug-likeness (QED) is 0.504. The standard InChI is InChI=1S/C24H29F3N8O/c1-14-3-4-15(11-28-14)31-23-30-13-18(24(25,26)27)20(33-23)17-12-29-21-16(17)5-6-19(32-21)22(36)35-9-7-34(2)8-10-35/h5-6,12-15,28H,3-4,7-11H2,1-2H3,(H,29,32)(H,30,31,33)/t14-,15-/m0/s1. The average Bonchev–Trinajstić information content (AvgIpc) is 3.28. The number of hydrogen-bond donors (Lipinski definition) is 3. The molecule has 2 saturated heterocycles. The van der Waals surface area contributed by atoms with Crippen LogP contribution in [0.1, 0.15) is 35.8 Å². The molecule has 3 aromatic rings. The van der Waals surface area contributed by atoms with E-state index >= 15 is 0 Å². The summed E-state index contributed by atoms with van der Waals surface area (Å²) in [5, 5.41) is 6.96. The zero-order valence-electron chi connectivity index (χ0n) is 20.2. The van der Waals surface area contributed by atoms with Gasteiger partial charge in [0.25, 0.3) is 5.91 Å². The van der Waals surface area contributed by atoms with Gasteiger partial charge in [-0.25, -0.2) is 15.0 Å². The highest BCUT2D eigenvalue weighted by atomic mass is 19.4. The first-order chi connectivity index (χ1) is 17.2. The SMILES string of the molecule is C[C@H]1CC[C@H](Nc2ncc(C(F)(F)F)c(-c3c[nH]c4nc(C(=O)N5CCN(C)CC5)ccc34)n2)CN1. The molecule has 5 rings (SSSR count). The van der Waals surface area contributed by atoms with Gasteiger partial charge in [-0.3, -0.25) is 4.79 Å². The van der Waals surface area contributed by atoms with Gasteiger partial charge in [0, 0.05) is 68.2 Å². The number of alkyl halides is 3. The highest BCUT2D eigenvalue weighted by molar-refractivity contribution is 5.98. The molecule has 12 heteroatoms. The van der Waals surface area contributed by atoms with Crippen LogP contribution in [0.25, 0.3) is 22.3 Å². The Morgan fingerprint density at radius 1 is 1.14 bits per heavy atom. The molecule has 36 heavy (non-hydrogen) atoms. The lowest BCUT2D eigenvalue weighted by molar-refractivity contribution is -0.137. The third-order valence-corrected chi connectivity index (χ3v) is 6.89. The van der Waals surface area contributed by atoms with Crippen molar-refractivity contribution in [3.63, 3.8) is 0 Å². The first-order valence-corrected chi connectivity index (χ1v) is 12.1. The smallest absolute Gasteiger partial charge is 0.350 e. The number of likely N-dealkylation sites (N-methyl/N-ethyl adjacent to an activating group) is 1. The Labute approximate surface area is 206 Å². The molecule has 192 valence electrons. The molecular formula is C24H29F3N8O. The summed E-state index contributed by atoms with van der Waals surface area (Å²) in [6.45, 7) is 5.54. The average molecular weight is 503 g/mol. The predicted octanol–water partition coefficient (Wildman–Crippen LogP) is 2.98. The maximum Gasteiger partial charge on any atom is 0.419 e. The molecule has 0 spiro atoms. The number of fused-ring (bicyclic) bond motifs is 1. The molecule has 0 saturated carbocycles. The van der Waals surface area contributed by atoms with Crippen LogP contribution in [0.3, 0.4) is 0 Å². The molecule has 0 unspecified atom stereocenters. The van der Waals surface area contributed by atoms with E-state index in [1.165, 1.54) is 6.20 Å². The summed E-state index contributed by atoms with van der Waals surface area (Å²) in [5.74, 6) is -0.0513. The van der Waals surface area contributed by atoms with Gasteiger partial charge in [-0.2, -0.15) is 13.2 Å². The van der Waals surface area contributed by atoms with Crippen LogP contribution in [0.15, 0.2) is 24.5 Å². The first kappa shape index (κ1) is 24.4. The van der Waals surface area contributed by atoms with Gasteiger partial charge < -0.3 is 25.4 Å². The topological polar surface area (TPSA) is 102 Å². The van der Waals surface area contributed by atoms with E-state index in [0.29, 0.717) is 36.7 Å². The Kier molecular flexibility index (Phi) is 6.56. The van der Waals surface area contributed by atoms with E-state index in [9.17, 15) is 18.0 Å². The summed E-state index contributed by atoms with van der Waals surface area (Å²) in [7, 11) is 2.00. The highest BCUT2D eigenvalue weighted by Crippen LogP contribution is 2.38. The molecule has 0 bridgehead atoms. The van der Waals surface area contributed by atoms with Crippen LogP contribution in [0.5, 0.6) is 0 Å². The van der Waals surface area contributed by atoms with Crippen molar-refractivity contribution in [3.05, 3.63) is 35.8 Å². The number of aromatic nitrogens is 4. The third kappa shape index (κ3) is 5.00. The Balaban J connectivity index is 1.46. The van der Waals surface area contributed by atoms with E-state index in [2.05, 4.69) is 42.4 Å². The summed E-state index contributed by atoms with van der Waals surface area (Å²) < 4.78 is 41.7. The molecule has 5 heterocycles. The minimum atomic E-state index is -4.63. The molecule has 0 aliphatic carbocycles. The third-order valence-electron chi connectivity index (χ3n) is 6.89. The number of piperazine rings is 1. The van der Waals surface area contributed by atoms with Crippen molar-refractivity contribution in [1.82, 2.24) is 35.1 Å². The number of H-pyrrole nitrogens is 1. The second kappa shape index (κ2) is 9.66. The van der Waals surface area contributed by atoms with Crippen LogP contribution in [0.4, 0.5) is 19.1 Å². The maximum atomic E-state index is 13.9. The van der Waals surface area contributed by atoms with Crippen molar-refractivity contribution >= 4 is 22.9 Å². The second-order valence-corrected chi connectivity index (χ2v) is 9.57. The van der Waals surface area contributed by atoms with Crippen LogP contribution in [-0.2, 0) is 6.18 Å². The van der Waals surface area contributed by atoms with Crippen molar-refractivity contribution in [2.24, 2.45) is 0 Å². The number of pyridine rings is 1. The van der Waals surface area contributed by atoms with Crippen LogP contribution in [0, 0.1) is 0 Å². The van der Waals surface area contributed by atoms with E-state index in [-0.39, 0.29) is 34.8 Å². The number of amides is 1. The number of carbonyl (C=O) groups is 1. The van der Waals surface area contributed by atoms with Gasteiger partial charge in [0.1, 0.15) is 16.9 Å². The van der Waals surface area contributed by atoms with E-state index in [0.717, 1.165) is 32.1 Å². The Morgan fingerprint density at radius 3 is 2.61 bits per heavy atom. The molecule has 2 aliphatic heterocycles. The summed E-state index contributed by atoms with van der Waals surface area (Å²) in [5.41, 5.74) is -0.327. The fraction of sp³-hybridized carbons (Fsp3) is 0.500. The van der Waals surface area contributed by atoms with Crippen LogP contribution in [-0.4, -0.2) is 87.5 Å². The number of piperidine rings is 1. The lowest BCUT2D eigenvalue weighted by atomic mass is 10.0. The van der Waals surface area contributed by atoms with Crippen LogP contribution < -0.4 is 10.6 Å². The molecule has 0 radical (unpaired) electrons. The fourth-order valence-electron chi connectivity index (χ4n) is 4.66. The largest absolute Gasteiger partial charge is 0.419 e. The minimum Gasteiger partial charge on any atom is -0.350 e. The fourth-order valence-corrected chi connectivity index (χ4v) is 4.66. The summed E-state index contributed by atoms with van der Waals surface area (Å²) in [4.78, 5) is 32.4. The first-order valence-electron chi connectivity index (χ1n) is 12.1. The van der Waals surface area contributed by atoms with Gasteiger partial charge in [0.05, 0.1) is 5.69 Å². The van der Waals surface area contributed by atoms with Gasteiger partial charge in [0.15, 0.2) is 0 Å². The molecule has 3 N–H and O–H groups in total. The predicted molar refractivity (Wildman–Crippen MR) is 130 cm³/mol. The number of anilines is 1. The number of carbonyl (C=O) groups excluding carboxylic acids is 1. The van der Waals surface area contributed by atoms with E-state index in [1.807, 2.05) is 7.05 Å². The van der Waals surface area contributed by atoms with Gasteiger partial charge in [-0.05, 0) is 38.9 Å². The minimum absolute atomic E-state index is 0.0265. The summed E-state index contributed by atoms with van der Waals surface area (Å²) in [6.07, 6.45) is -0.540. The number of hydrogen-bond acceptors (Lipinski definition) is 7. The summed E-state index contributed by atoms with van der Waals surface area (Å²) in [6, 6.07) is 3.61. The Hall–Kier alpha value is -3.25. The zero-order chi connectivity index (χ0) is 25.4. The van der Waals surface area contributed by atoms with E-state index in [4.69, 9.17) is 0 Å². The van der Waals surface area contributed by atoms with Crippen LogP contribution in [0.2, 0.25) is 0 Å². The normalized spacial score (nSPS) is 21.6.